The lowest BCUT2D eigenvalue weighted by molar-refractivity contribution is -0.275. The summed E-state index contributed by atoms with van der Waals surface area (Å²) in [6, 6.07) is 9.73. The van der Waals surface area contributed by atoms with Gasteiger partial charge < -0.3 is 14.8 Å². The van der Waals surface area contributed by atoms with Gasteiger partial charge in [-0.25, -0.2) is 4.39 Å². The molecule has 1 N–H and O–H groups in total. The number of rotatable bonds is 5. The number of halogens is 5. The third-order valence-corrected chi connectivity index (χ3v) is 4.15. The molecule has 0 unspecified atom stereocenters. The van der Waals surface area contributed by atoms with E-state index in [1.165, 1.54) is 36.4 Å². The Hall–Kier alpha value is -1.99. The average Bonchev–Trinajstić information content (AvgIpc) is 2.48. The van der Waals surface area contributed by atoms with Crippen LogP contribution in [0.25, 0.3) is 0 Å². The molecule has 3 nitrogen and oxygen atoms in total. The van der Waals surface area contributed by atoms with E-state index in [-0.39, 0.29) is 16.7 Å². The first-order valence-corrected chi connectivity index (χ1v) is 7.88. The highest BCUT2D eigenvalue weighted by Crippen LogP contribution is 2.38. The lowest BCUT2D eigenvalue weighted by Crippen LogP contribution is -2.46. The smallest absolute Gasteiger partial charge is 0.481 e. The van der Waals surface area contributed by atoms with E-state index >= 15 is 0 Å². The Labute approximate surface area is 146 Å². The van der Waals surface area contributed by atoms with Gasteiger partial charge in [-0.1, -0.05) is 29.8 Å². The molecule has 0 radical (unpaired) electrons. The standard InChI is InChI=1S/C17H14ClF4NO2/c18-12-6-5-10(7-13(12)19)16(11-8-23-9-11)24-14-3-1-2-4-15(14)25-17(20,21)22/h1-7,11,16,23H,8-9H2/t16-/m0/s1. The van der Waals surface area contributed by atoms with Gasteiger partial charge in [-0.3, -0.25) is 0 Å². The normalized spacial score (nSPS) is 16.2. The Morgan fingerprint density at radius 1 is 1.08 bits per heavy atom. The van der Waals surface area contributed by atoms with Gasteiger partial charge in [-0.15, -0.1) is 13.2 Å². The summed E-state index contributed by atoms with van der Waals surface area (Å²) in [4.78, 5) is 0. The van der Waals surface area contributed by atoms with Crippen LogP contribution in [0.1, 0.15) is 11.7 Å². The number of hydrogen-bond donors (Lipinski definition) is 1. The molecule has 1 heterocycles. The highest BCUT2D eigenvalue weighted by Gasteiger charge is 2.34. The van der Waals surface area contributed by atoms with Gasteiger partial charge in [0.2, 0.25) is 0 Å². The van der Waals surface area contributed by atoms with Gasteiger partial charge in [0, 0.05) is 19.0 Å². The van der Waals surface area contributed by atoms with Crippen molar-refractivity contribution >= 4 is 11.6 Å². The van der Waals surface area contributed by atoms with Gasteiger partial charge in [0.05, 0.1) is 5.02 Å². The van der Waals surface area contributed by atoms with Crippen molar-refractivity contribution < 1.29 is 27.0 Å². The number of ether oxygens (including phenoxy) is 2. The average molecular weight is 376 g/mol. The van der Waals surface area contributed by atoms with Crippen LogP contribution in [0.3, 0.4) is 0 Å². The molecule has 2 aromatic rings. The molecule has 0 aromatic heterocycles. The van der Waals surface area contributed by atoms with Gasteiger partial charge in [0.1, 0.15) is 11.9 Å². The van der Waals surface area contributed by atoms with Crippen LogP contribution in [-0.2, 0) is 0 Å². The van der Waals surface area contributed by atoms with Crippen LogP contribution in [-0.4, -0.2) is 19.5 Å². The zero-order valence-corrected chi connectivity index (χ0v) is 13.6. The van der Waals surface area contributed by atoms with E-state index in [9.17, 15) is 17.6 Å². The summed E-state index contributed by atoms with van der Waals surface area (Å²) in [5, 5.41) is 3.03. The second-order valence-corrected chi connectivity index (χ2v) is 6.03. The maximum Gasteiger partial charge on any atom is 0.573 e. The molecule has 0 spiro atoms. The van der Waals surface area contributed by atoms with E-state index in [0.29, 0.717) is 18.7 Å². The van der Waals surface area contributed by atoms with Gasteiger partial charge in [0.25, 0.3) is 0 Å². The summed E-state index contributed by atoms with van der Waals surface area (Å²) in [6.45, 7) is 1.22. The summed E-state index contributed by atoms with van der Waals surface area (Å²) in [5.41, 5.74) is 0.496. The van der Waals surface area contributed by atoms with Gasteiger partial charge in [-0.2, -0.15) is 0 Å². The first-order chi connectivity index (χ1) is 11.8. The molecule has 3 rings (SSSR count). The fraction of sp³-hybridized carbons (Fsp3) is 0.294. The molecule has 1 aliphatic rings. The molecule has 2 aromatic carbocycles. The lowest BCUT2D eigenvalue weighted by atomic mass is 9.90. The maximum atomic E-state index is 13.8. The molecule has 0 amide bonds. The fourth-order valence-electron chi connectivity index (χ4n) is 2.54. The summed E-state index contributed by atoms with van der Waals surface area (Å²) in [7, 11) is 0. The van der Waals surface area contributed by atoms with Crippen molar-refractivity contribution in [1.29, 1.82) is 0 Å². The molecular weight excluding hydrogens is 362 g/mol. The predicted molar refractivity (Wildman–Crippen MR) is 84.3 cm³/mol. The quantitative estimate of drug-likeness (QED) is 0.767. The zero-order chi connectivity index (χ0) is 18.0. The van der Waals surface area contributed by atoms with Gasteiger partial charge in [0.15, 0.2) is 11.5 Å². The zero-order valence-electron chi connectivity index (χ0n) is 12.8. The van der Waals surface area contributed by atoms with Crippen molar-refractivity contribution in [2.45, 2.75) is 12.5 Å². The summed E-state index contributed by atoms with van der Waals surface area (Å²) in [6.07, 6.45) is -5.47. The molecule has 1 saturated heterocycles. The fourth-order valence-corrected chi connectivity index (χ4v) is 2.66. The van der Waals surface area contributed by atoms with Crippen LogP contribution in [0.2, 0.25) is 5.02 Å². The van der Waals surface area contributed by atoms with Crippen molar-refractivity contribution in [3.63, 3.8) is 0 Å². The second-order valence-electron chi connectivity index (χ2n) is 5.62. The van der Waals surface area contributed by atoms with Gasteiger partial charge in [-0.05, 0) is 29.8 Å². The van der Waals surface area contributed by atoms with Crippen LogP contribution in [0.5, 0.6) is 11.5 Å². The van der Waals surface area contributed by atoms with Crippen LogP contribution in [0.4, 0.5) is 17.6 Å². The minimum atomic E-state index is -4.83. The van der Waals surface area contributed by atoms with E-state index in [1.807, 2.05) is 0 Å². The van der Waals surface area contributed by atoms with Crippen LogP contribution >= 0.6 is 11.6 Å². The Balaban J connectivity index is 1.90. The summed E-state index contributed by atoms with van der Waals surface area (Å²) < 4.78 is 61.3. The van der Waals surface area contributed by atoms with Crippen LogP contribution < -0.4 is 14.8 Å². The monoisotopic (exact) mass is 375 g/mol. The molecule has 0 aliphatic carbocycles. The van der Waals surface area contributed by atoms with Crippen molar-refractivity contribution in [3.8, 4) is 11.5 Å². The third kappa shape index (κ3) is 4.35. The minimum Gasteiger partial charge on any atom is -0.481 e. The minimum absolute atomic E-state index is 0.0143. The molecule has 1 atom stereocenters. The number of nitrogens with one attached hydrogen (secondary N) is 1. The van der Waals surface area contributed by atoms with Gasteiger partial charge >= 0.3 is 6.36 Å². The maximum absolute atomic E-state index is 13.8. The predicted octanol–water partition coefficient (Wildman–Crippen LogP) is 4.72. The Bertz CT molecular complexity index is 750. The molecule has 1 fully saturated rings. The molecule has 134 valence electrons. The Kier molecular flexibility index (Phi) is 5.06. The second kappa shape index (κ2) is 7.09. The molecule has 25 heavy (non-hydrogen) atoms. The third-order valence-electron chi connectivity index (χ3n) is 3.84. The number of benzene rings is 2. The Morgan fingerprint density at radius 3 is 2.32 bits per heavy atom. The van der Waals surface area contributed by atoms with Crippen LogP contribution in [0.15, 0.2) is 42.5 Å². The Morgan fingerprint density at radius 2 is 1.76 bits per heavy atom. The highest BCUT2D eigenvalue weighted by atomic mass is 35.5. The molecule has 1 aliphatic heterocycles. The van der Waals surface area contributed by atoms with Crippen molar-refractivity contribution in [3.05, 3.63) is 58.9 Å². The van der Waals surface area contributed by atoms with Crippen molar-refractivity contribution in [2.24, 2.45) is 5.92 Å². The highest BCUT2D eigenvalue weighted by molar-refractivity contribution is 6.30. The van der Waals surface area contributed by atoms with Crippen LogP contribution in [0, 0.1) is 11.7 Å². The van der Waals surface area contributed by atoms with E-state index in [4.69, 9.17) is 16.3 Å². The number of alkyl halides is 3. The number of hydrogen-bond acceptors (Lipinski definition) is 3. The first kappa shape index (κ1) is 17.8. The lowest BCUT2D eigenvalue weighted by Gasteiger charge is -2.35. The van der Waals surface area contributed by atoms with E-state index < -0.39 is 24.0 Å². The molecule has 0 bridgehead atoms. The van der Waals surface area contributed by atoms with E-state index in [2.05, 4.69) is 10.1 Å². The molecule has 8 heteroatoms. The summed E-state index contributed by atoms with van der Waals surface area (Å²) >= 11 is 5.70. The van der Waals surface area contributed by atoms with E-state index in [1.54, 1.807) is 6.07 Å². The first-order valence-electron chi connectivity index (χ1n) is 7.50. The number of para-hydroxylation sites is 2. The molecule has 0 saturated carbocycles. The SMILES string of the molecule is Fc1cc([C@H](Oc2ccccc2OC(F)(F)F)C2CNC2)ccc1Cl. The van der Waals surface area contributed by atoms with Crippen molar-refractivity contribution in [2.75, 3.05) is 13.1 Å². The van der Waals surface area contributed by atoms with E-state index in [0.717, 1.165) is 0 Å². The summed E-state index contributed by atoms with van der Waals surface area (Å²) in [5.74, 6) is -1.13. The topological polar surface area (TPSA) is 30.5 Å². The molecular formula is C17H14ClF4NO2. The van der Waals surface area contributed by atoms with Crippen molar-refractivity contribution in [1.82, 2.24) is 5.32 Å². The largest absolute Gasteiger partial charge is 0.573 e.